The molecule has 2 rings (SSSR count). The van der Waals surface area contributed by atoms with Crippen molar-refractivity contribution in [2.24, 2.45) is 0 Å². The molecule has 0 atom stereocenters. The van der Waals surface area contributed by atoms with Gasteiger partial charge in [0.1, 0.15) is 11.5 Å². The fourth-order valence-electron chi connectivity index (χ4n) is 1.74. The average molecular weight is 276 g/mol. The summed E-state index contributed by atoms with van der Waals surface area (Å²) in [5.41, 5.74) is 2.30. The number of halogens is 1. The number of hydrogen-bond acceptors (Lipinski definition) is 2. The minimum Gasteiger partial charge on any atom is -0.457 e. The Morgan fingerprint density at radius 3 is 2.37 bits per heavy atom. The number of ether oxygens (including phenoxy) is 1. The molecule has 0 saturated heterocycles. The van der Waals surface area contributed by atoms with Crippen LogP contribution in [-0.2, 0) is 6.54 Å². The molecule has 0 aliphatic carbocycles. The topological polar surface area (TPSA) is 21.3 Å². The van der Waals surface area contributed by atoms with Gasteiger partial charge in [-0.15, -0.1) is 0 Å². The van der Waals surface area contributed by atoms with Gasteiger partial charge in [-0.3, -0.25) is 0 Å². The summed E-state index contributed by atoms with van der Waals surface area (Å²) in [6.45, 7) is 5.83. The summed E-state index contributed by atoms with van der Waals surface area (Å²) in [7, 11) is 0. The highest BCUT2D eigenvalue weighted by Gasteiger charge is 2.03. The molecule has 2 nitrogen and oxygen atoms in total. The molecule has 1 N–H and O–H groups in total. The summed E-state index contributed by atoms with van der Waals surface area (Å²) in [6.07, 6.45) is 0. The lowest BCUT2D eigenvalue weighted by Crippen LogP contribution is -2.11. The quantitative estimate of drug-likeness (QED) is 0.864. The van der Waals surface area contributed by atoms with Gasteiger partial charge in [0, 0.05) is 11.6 Å². The molecule has 2 aromatic rings. The molecule has 0 heterocycles. The Balaban J connectivity index is 2.09. The standard InChI is InChI=1S/C16H18ClNO/c1-3-18-11-13-6-9-15(10-16(13)17)19-14-7-4-12(2)5-8-14/h4-10,18H,3,11H2,1-2H3. The van der Waals surface area contributed by atoms with E-state index < -0.39 is 0 Å². The number of nitrogens with one attached hydrogen (secondary N) is 1. The first kappa shape index (κ1) is 13.9. The van der Waals surface area contributed by atoms with Crippen molar-refractivity contribution >= 4 is 11.6 Å². The van der Waals surface area contributed by atoms with E-state index in [0.717, 1.165) is 35.2 Å². The number of benzene rings is 2. The van der Waals surface area contributed by atoms with E-state index in [2.05, 4.69) is 19.2 Å². The van der Waals surface area contributed by atoms with E-state index in [1.54, 1.807) is 0 Å². The highest BCUT2D eigenvalue weighted by molar-refractivity contribution is 6.31. The molecule has 3 heteroatoms. The summed E-state index contributed by atoms with van der Waals surface area (Å²) in [5.74, 6) is 1.58. The molecule has 0 bridgehead atoms. The fraction of sp³-hybridized carbons (Fsp3) is 0.250. The van der Waals surface area contributed by atoms with Crippen LogP contribution >= 0.6 is 11.6 Å². The van der Waals surface area contributed by atoms with Crippen molar-refractivity contribution in [1.29, 1.82) is 0 Å². The Kier molecular flexibility index (Phi) is 4.83. The Labute approximate surface area is 119 Å². The van der Waals surface area contributed by atoms with Crippen molar-refractivity contribution in [2.75, 3.05) is 6.54 Å². The average Bonchev–Trinajstić information content (AvgIpc) is 2.41. The van der Waals surface area contributed by atoms with E-state index in [9.17, 15) is 0 Å². The van der Waals surface area contributed by atoms with E-state index in [1.165, 1.54) is 5.56 Å². The van der Waals surface area contributed by atoms with Crippen LogP contribution in [0.4, 0.5) is 0 Å². The van der Waals surface area contributed by atoms with Crippen LogP contribution in [-0.4, -0.2) is 6.54 Å². The highest BCUT2D eigenvalue weighted by Crippen LogP contribution is 2.27. The van der Waals surface area contributed by atoms with Gasteiger partial charge in [-0.25, -0.2) is 0 Å². The molecule has 100 valence electrons. The van der Waals surface area contributed by atoms with Crippen LogP contribution in [0.3, 0.4) is 0 Å². The van der Waals surface area contributed by atoms with Crippen LogP contribution in [0.5, 0.6) is 11.5 Å². The van der Waals surface area contributed by atoms with Gasteiger partial charge in [0.2, 0.25) is 0 Å². The maximum atomic E-state index is 6.24. The maximum Gasteiger partial charge on any atom is 0.128 e. The number of aryl methyl sites for hydroxylation is 1. The summed E-state index contributed by atoms with van der Waals surface area (Å²) in [4.78, 5) is 0. The number of hydrogen-bond donors (Lipinski definition) is 1. The smallest absolute Gasteiger partial charge is 0.128 e. The zero-order valence-corrected chi connectivity index (χ0v) is 12.0. The van der Waals surface area contributed by atoms with Crippen molar-refractivity contribution in [2.45, 2.75) is 20.4 Å². The molecule has 0 aliphatic rings. The second-order valence-corrected chi connectivity index (χ2v) is 4.86. The lowest BCUT2D eigenvalue weighted by Gasteiger charge is -2.09. The van der Waals surface area contributed by atoms with Crippen molar-refractivity contribution in [3.63, 3.8) is 0 Å². The highest BCUT2D eigenvalue weighted by atomic mass is 35.5. The van der Waals surface area contributed by atoms with Crippen LogP contribution in [0.1, 0.15) is 18.1 Å². The van der Waals surface area contributed by atoms with Crippen LogP contribution in [0.25, 0.3) is 0 Å². The van der Waals surface area contributed by atoms with Crippen LogP contribution in [0.15, 0.2) is 42.5 Å². The molecule has 2 aromatic carbocycles. The summed E-state index contributed by atoms with van der Waals surface area (Å²) >= 11 is 6.24. The molecule has 0 aliphatic heterocycles. The lowest BCUT2D eigenvalue weighted by molar-refractivity contribution is 0.482. The molecule has 0 unspecified atom stereocenters. The minimum absolute atomic E-state index is 0.727. The molecule has 0 aromatic heterocycles. The predicted molar refractivity (Wildman–Crippen MR) is 80.1 cm³/mol. The van der Waals surface area contributed by atoms with Crippen LogP contribution in [0, 0.1) is 6.92 Å². The third-order valence-electron chi connectivity index (χ3n) is 2.85. The second-order valence-electron chi connectivity index (χ2n) is 4.45. The predicted octanol–water partition coefficient (Wildman–Crippen LogP) is 4.55. The Bertz CT molecular complexity index is 537. The largest absolute Gasteiger partial charge is 0.457 e. The molecule has 0 saturated carbocycles. The van der Waals surface area contributed by atoms with Crippen molar-refractivity contribution in [3.05, 3.63) is 58.6 Å². The molecule has 0 fully saturated rings. The first-order chi connectivity index (χ1) is 9.19. The summed E-state index contributed by atoms with van der Waals surface area (Å²) in [5, 5.41) is 3.98. The third kappa shape index (κ3) is 3.98. The van der Waals surface area contributed by atoms with E-state index >= 15 is 0 Å². The van der Waals surface area contributed by atoms with E-state index in [4.69, 9.17) is 16.3 Å². The SMILES string of the molecule is CCNCc1ccc(Oc2ccc(C)cc2)cc1Cl. The van der Waals surface area contributed by atoms with Crippen LogP contribution < -0.4 is 10.1 Å². The molecule has 0 radical (unpaired) electrons. The van der Waals surface area contributed by atoms with Gasteiger partial charge in [-0.1, -0.05) is 42.3 Å². The minimum atomic E-state index is 0.727. The maximum absolute atomic E-state index is 6.24. The zero-order valence-electron chi connectivity index (χ0n) is 11.2. The first-order valence-corrected chi connectivity index (χ1v) is 6.80. The zero-order chi connectivity index (χ0) is 13.7. The Hall–Kier alpha value is -1.51. The number of rotatable bonds is 5. The van der Waals surface area contributed by atoms with Crippen LogP contribution in [0.2, 0.25) is 5.02 Å². The first-order valence-electron chi connectivity index (χ1n) is 6.42. The molecule has 0 amide bonds. The Morgan fingerprint density at radius 1 is 1.05 bits per heavy atom. The van der Waals surface area contributed by atoms with Gasteiger partial charge in [0.15, 0.2) is 0 Å². The van der Waals surface area contributed by atoms with E-state index in [-0.39, 0.29) is 0 Å². The van der Waals surface area contributed by atoms with Gasteiger partial charge in [0.25, 0.3) is 0 Å². The van der Waals surface area contributed by atoms with Crippen molar-refractivity contribution in [3.8, 4) is 11.5 Å². The van der Waals surface area contributed by atoms with E-state index in [1.807, 2.05) is 42.5 Å². The molecule has 19 heavy (non-hydrogen) atoms. The van der Waals surface area contributed by atoms with Crippen molar-refractivity contribution < 1.29 is 4.74 Å². The van der Waals surface area contributed by atoms with Gasteiger partial charge in [-0.05, 0) is 43.3 Å². The summed E-state index contributed by atoms with van der Waals surface area (Å²) in [6, 6.07) is 13.7. The normalized spacial score (nSPS) is 10.5. The van der Waals surface area contributed by atoms with Gasteiger partial charge < -0.3 is 10.1 Å². The van der Waals surface area contributed by atoms with Gasteiger partial charge in [-0.2, -0.15) is 0 Å². The third-order valence-corrected chi connectivity index (χ3v) is 3.20. The van der Waals surface area contributed by atoms with Gasteiger partial charge >= 0.3 is 0 Å². The molecular formula is C16H18ClNO. The Morgan fingerprint density at radius 2 is 1.74 bits per heavy atom. The lowest BCUT2D eigenvalue weighted by atomic mass is 10.2. The second kappa shape index (κ2) is 6.60. The fourth-order valence-corrected chi connectivity index (χ4v) is 1.97. The van der Waals surface area contributed by atoms with E-state index in [0.29, 0.717) is 0 Å². The van der Waals surface area contributed by atoms with Gasteiger partial charge in [0.05, 0.1) is 0 Å². The molecular weight excluding hydrogens is 258 g/mol. The molecule has 0 spiro atoms. The summed E-state index contributed by atoms with van der Waals surface area (Å²) < 4.78 is 5.77. The van der Waals surface area contributed by atoms with Crippen molar-refractivity contribution in [1.82, 2.24) is 5.32 Å². The monoisotopic (exact) mass is 275 g/mol.